The highest BCUT2D eigenvalue weighted by atomic mass is 32.1. The molecular weight excluding hydrogens is 282 g/mol. The lowest BCUT2D eigenvalue weighted by atomic mass is 9.84. The summed E-state index contributed by atoms with van der Waals surface area (Å²) in [7, 11) is 0. The SMILES string of the molecule is CC(C)(CNC=O)c1ccc2nc(-c3cccs3)[nH]c2c1. The molecule has 0 aliphatic rings. The number of fused-ring (bicyclic) bond motifs is 1. The molecule has 0 aliphatic carbocycles. The van der Waals surface area contributed by atoms with Crippen LogP contribution in [0.2, 0.25) is 0 Å². The number of carbonyl (C=O) groups is 1. The molecule has 3 aromatic rings. The number of carbonyl (C=O) groups excluding carboxylic acids is 1. The van der Waals surface area contributed by atoms with Crippen LogP contribution < -0.4 is 5.32 Å². The molecule has 2 aromatic heterocycles. The molecule has 4 nitrogen and oxygen atoms in total. The Kier molecular flexibility index (Phi) is 3.51. The third kappa shape index (κ3) is 2.69. The number of H-pyrrole nitrogens is 1. The number of hydrogen-bond donors (Lipinski definition) is 2. The van der Waals surface area contributed by atoms with Crippen molar-refractivity contribution in [2.75, 3.05) is 6.54 Å². The Morgan fingerprint density at radius 2 is 2.24 bits per heavy atom. The number of aromatic nitrogens is 2. The molecule has 0 unspecified atom stereocenters. The number of benzene rings is 1. The Hall–Kier alpha value is -2.14. The summed E-state index contributed by atoms with van der Waals surface area (Å²) in [5, 5.41) is 4.80. The first-order valence-corrected chi connectivity index (χ1v) is 7.69. The fourth-order valence-corrected chi connectivity index (χ4v) is 3.03. The van der Waals surface area contributed by atoms with E-state index >= 15 is 0 Å². The minimum atomic E-state index is -0.122. The van der Waals surface area contributed by atoms with E-state index in [4.69, 9.17) is 0 Å². The van der Waals surface area contributed by atoms with Crippen LogP contribution in [0.25, 0.3) is 21.7 Å². The molecule has 0 saturated carbocycles. The van der Waals surface area contributed by atoms with Crippen molar-refractivity contribution < 1.29 is 4.79 Å². The van der Waals surface area contributed by atoms with Crippen LogP contribution in [0.5, 0.6) is 0 Å². The van der Waals surface area contributed by atoms with Gasteiger partial charge in [-0.15, -0.1) is 11.3 Å². The lowest BCUT2D eigenvalue weighted by Gasteiger charge is -2.24. The van der Waals surface area contributed by atoms with Crippen LogP contribution in [0.3, 0.4) is 0 Å². The first-order valence-electron chi connectivity index (χ1n) is 6.81. The second-order valence-corrected chi connectivity index (χ2v) is 6.62. The highest BCUT2D eigenvalue weighted by Crippen LogP contribution is 2.28. The maximum Gasteiger partial charge on any atom is 0.207 e. The van der Waals surface area contributed by atoms with Gasteiger partial charge in [0.25, 0.3) is 0 Å². The van der Waals surface area contributed by atoms with Crippen molar-refractivity contribution in [3.63, 3.8) is 0 Å². The standard InChI is InChI=1S/C16H17N3OS/c1-16(2,9-17-10-20)11-5-6-12-13(8-11)19-15(18-12)14-4-3-7-21-14/h3-8,10H,9H2,1-2H3,(H,17,20)(H,18,19). The van der Waals surface area contributed by atoms with Gasteiger partial charge in [-0.1, -0.05) is 26.0 Å². The number of thiophene rings is 1. The highest BCUT2D eigenvalue weighted by molar-refractivity contribution is 7.13. The summed E-state index contributed by atoms with van der Waals surface area (Å²) in [6.07, 6.45) is 0.741. The van der Waals surface area contributed by atoms with Crippen LogP contribution in [0.4, 0.5) is 0 Å². The molecule has 5 heteroatoms. The summed E-state index contributed by atoms with van der Waals surface area (Å²) in [5.74, 6) is 0.904. The topological polar surface area (TPSA) is 57.8 Å². The maximum absolute atomic E-state index is 10.5. The van der Waals surface area contributed by atoms with E-state index in [0.29, 0.717) is 6.54 Å². The highest BCUT2D eigenvalue weighted by Gasteiger charge is 2.21. The van der Waals surface area contributed by atoms with Gasteiger partial charge < -0.3 is 10.3 Å². The zero-order chi connectivity index (χ0) is 14.9. The molecule has 0 spiro atoms. The lowest BCUT2D eigenvalue weighted by Crippen LogP contribution is -2.32. The van der Waals surface area contributed by atoms with Gasteiger partial charge in [-0.3, -0.25) is 4.79 Å². The third-order valence-electron chi connectivity index (χ3n) is 3.65. The summed E-state index contributed by atoms with van der Waals surface area (Å²) in [4.78, 5) is 19.6. The Morgan fingerprint density at radius 3 is 2.95 bits per heavy atom. The predicted molar refractivity (Wildman–Crippen MR) is 86.5 cm³/mol. The number of imidazole rings is 1. The first-order chi connectivity index (χ1) is 10.1. The van der Waals surface area contributed by atoms with Crippen LogP contribution in [-0.2, 0) is 10.2 Å². The number of aromatic amines is 1. The zero-order valence-corrected chi connectivity index (χ0v) is 12.8. The fraction of sp³-hybridized carbons (Fsp3) is 0.250. The van der Waals surface area contributed by atoms with Crippen molar-refractivity contribution in [1.82, 2.24) is 15.3 Å². The van der Waals surface area contributed by atoms with Gasteiger partial charge in [0.2, 0.25) is 6.41 Å². The van der Waals surface area contributed by atoms with Crippen LogP contribution in [-0.4, -0.2) is 22.9 Å². The molecule has 2 N–H and O–H groups in total. The molecule has 0 bridgehead atoms. The van der Waals surface area contributed by atoms with E-state index in [1.807, 2.05) is 17.5 Å². The summed E-state index contributed by atoms with van der Waals surface area (Å²) in [6, 6.07) is 10.3. The molecule has 21 heavy (non-hydrogen) atoms. The number of amides is 1. The largest absolute Gasteiger partial charge is 0.358 e. The van der Waals surface area contributed by atoms with Crippen LogP contribution >= 0.6 is 11.3 Å². The normalized spacial score (nSPS) is 11.7. The number of nitrogens with zero attached hydrogens (tertiary/aromatic N) is 1. The minimum absolute atomic E-state index is 0.122. The molecule has 0 atom stereocenters. The smallest absolute Gasteiger partial charge is 0.207 e. The molecule has 1 amide bonds. The summed E-state index contributed by atoms with van der Waals surface area (Å²) in [6.45, 7) is 4.83. The van der Waals surface area contributed by atoms with Gasteiger partial charge in [0, 0.05) is 12.0 Å². The molecular formula is C16H17N3OS. The summed E-state index contributed by atoms with van der Waals surface area (Å²) < 4.78 is 0. The lowest BCUT2D eigenvalue weighted by molar-refractivity contribution is -0.109. The van der Waals surface area contributed by atoms with Gasteiger partial charge in [0.05, 0.1) is 15.9 Å². The Morgan fingerprint density at radius 1 is 1.38 bits per heavy atom. The summed E-state index contributed by atoms with van der Waals surface area (Å²) in [5.41, 5.74) is 3.03. The Bertz CT molecular complexity index is 759. The van der Waals surface area contributed by atoms with Gasteiger partial charge in [0.15, 0.2) is 0 Å². The van der Waals surface area contributed by atoms with Crippen molar-refractivity contribution in [2.45, 2.75) is 19.3 Å². The molecule has 0 radical (unpaired) electrons. The molecule has 0 fully saturated rings. The van der Waals surface area contributed by atoms with Crippen LogP contribution in [0.15, 0.2) is 35.7 Å². The first kappa shape index (κ1) is 13.8. The van der Waals surface area contributed by atoms with Crippen molar-refractivity contribution in [3.05, 3.63) is 41.3 Å². The molecule has 1 aromatic carbocycles. The Balaban J connectivity index is 1.98. The predicted octanol–water partition coefficient (Wildman–Crippen LogP) is 3.32. The molecule has 2 heterocycles. The number of rotatable bonds is 5. The van der Waals surface area contributed by atoms with Gasteiger partial charge in [-0.25, -0.2) is 4.98 Å². The van der Waals surface area contributed by atoms with E-state index in [1.54, 1.807) is 11.3 Å². The number of nitrogens with one attached hydrogen (secondary N) is 2. The second kappa shape index (κ2) is 5.33. The number of hydrogen-bond acceptors (Lipinski definition) is 3. The molecule has 108 valence electrons. The third-order valence-corrected chi connectivity index (χ3v) is 4.52. The Labute approximate surface area is 127 Å². The van der Waals surface area contributed by atoms with Gasteiger partial charge in [-0.05, 0) is 29.1 Å². The monoisotopic (exact) mass is 299 g/mol. The zero-order valence-electron chi connectivity index (χ0n) is 12.0. The average molecular weight is 299 g/mol. The van der Waals surface area contributed by atoms with E-state index in [0.717, 1.165) is 28.1 Å². The van der Waals surface area contributed by atoms with Crippen molar-refractivity contribution in [1.29, 1.82) is 0 Å². The van der Waals surface area contributed by atoms with E-state index in [-0.39, 0.29) is 5.41 Å². The average Bonchev–Trinajstić information content (AvgIpc) is 3.12. The second-order valence-electron chi connectivity index (χ2n) is 5.68. The summed E-state index contributed by atoms with van der Waals surface area (Å²) >= 11 is 1.67. The van der Waals surface area contributed by atoms with Crippen molar-refractivity contribution in [3.8, 4) is 10.7 Å². The maximum atomic E-state index is 10.5. The fourth-order valence-electron chi connectivity index (χ4n) is 2.36. The van der Waals surface area contributed by atoms with E-state index < -0.39 is 0 Å². The van der Waals surface area contributed by atoms with Crippen LogP contribution in [0.1, 0.15) is 19.4 Å². The van der Waals surface area contributed by atoms with Gasteiger partial charge in [-0.2, -0.15) is 0 Å². The van der Waals surface area contributed by atoms with Gasteiger partial charge in [0.1, 0.15) is 5.82 Å². The molecule has 0 saturated heterocycles. The van der Waals surface area contributed by atoms with Crippen molar-refractivity contribution >= 4 is 28.8 Å². The van der Waals surface area contributed by atoms with E-state index in [2.05, 4.69) is 47.3 Å². The van der Waals surface area contributed by atoms with E-state index in [9.17, 15) is 4.79 Å². The van der Waals surface area contributed by atoms with Crippen LogP contribution in [0, 0.1) is 0 Å². The molecule has 0 aliphatic heterocycles. The minimum Gasteiger partial charge on any atom is -0.358 e. The van der Waals surface area contributed by atoms with Gasteiger partial charge >= 0.3 is 0 Å². The van der Waals surface area contributed by atoms with Crippen molar-refractivity contribution in [2.24, 2.45) is 0 Å². The quantitative estimate of drug-likeness (QED) is 0.710. The van der Waals surface area contributed by atoms with E-state index in [1.165, 1.54) is 5.56 Å². The molecule has 3 rings (SSSR count).